The molecule has 0 saturated carbocycles. The molecule has 0 spiro atoms. The summed E-state index contributed by atoms with van der Waals surface area (Å²) in [7, 11) is 1.48. The van der Waals surface area contributed by atoms with E-state index in [4.69, 9.17) is 4.74 Å². The summed E-state index contributed by atoms with van der Waals surface area (Å²) in [4.78, 5) is 43.0. The summed E-state index contributed by atoms with van der Waals surface area (Å²) in [5, 5.41) is 5.95. The number of ether oxygens (including phenoxy) is 1. The van der Waals surface area contributed by atoms with Crippen LogP contribution in [0.15, 0.2) is 42.7 Å². The lowest BCUT2D eigenvalue weighted by atomic mass is 9.84. The molecule has 2 N–H and O–H groups in total. The molecule has 0 radical (unpaired) electrons. The van der Waals surface area contributed by atoms with E-state index in [9.17, 15) is 18.8 Å². The molecule has 2 saturated heterocycles. The van der Waals surface area contributed by atoms with Crippen LogP contribution in [0.5, 0.6) is 5.75 Å². The van der Waals surface area contributed by atoms with Crippen molar-refractivity contribution in [1.29, 1.82) is 0 Å². The molecule has 3 amide bonds. The molecule has 9 heteroatoms. The predicted molar refractivity (Wildman–Crippen MR) is 127 cm³/mol. The highest BCUT2D eigenvalue weighted by Gasteiger charge is 2.39. The standard InChI is InChI=1S/C26H31FN4O4/c1-35-21-4-2-19(22(27)14-21)15-26(10-6-24(33)30-26)11-7-25(34)31(16-18-8-12-28-13-9-18)17-20-3-5-23(32)29-20/h2,4,8-9,12-14,20H,3,5-7,10-11,15-17H2,1H3,(H,29,32)(H,30,33)/t20-,26?/m0/s1. The van der Waals surface area contributed by atoms with Crippen LogP contribution in [0, 0.1) is 5.82 Å². The quantitative estimate of drug-likeness (QED) is 0.542. The SMILES string of the molecule is COc1ccc(CC2(CCC(=O)N(Cc3ccncc3)C[C@@H]3CCC(=O)N3)CCC(=O)N2)c(F)c1. The van der Waals surface area contributed by atoms with E-state index < -0.39 is 11.4 Å². The number of aromatic nitrogens is 1. The van der Waals surface area contributed by atoms with Gasteiger partial charge >= 0.3 is 0 Å². The number of pyridine rings is 1. The van der Waals surface area contributed by atoms with Gasteiger partial charge in [-0.1, -0.05) is 6.07 Å². The zero-order valence-corrected chi connectivity index (χ0v) is 19.9. The number of methoxy groups -OCH3 is 1. The van der Waals surface area contributed by atoms with Gasteiger partial charge in [0.2, 0.25) is 17.7 Å². The zero-order chi connectivity index (χ0) is 24.8. The summed E-state index contributed by atoms with van der Waals surface area (Å²) < 4.78 is 19.8. The second-order valence-electron chi connectivity index (χ2n) is 9.40. The molecule has 4 rings (SSSR count). The molecule has 186 valence electrons. The van der Waals surface area contributed by atoms with E-state index in [1.54, 1.807) is 29.4 Å². The number of hydrogen-bond donors (Lipinski definition) is 2. The van der Waals surface area contributed by atoms with Gasteiger partial charge in [0.25, 0.3) is 0 Å². The second kappa shape index (κ2) is 10.8. The minimum absolute atomic E-state index is 0.000416. The molecule has 3 heterocycles. The molecule has 35 heavy (non-hydrogen) atoms. The Hall–Kier alpha value is -3.49. The van der Waals surface area contributed by atoms with E-state index >= 15 is 0 Å². The van der Waals surface area contributed by atoms with Gasteiger partial charge in [-0.25, -0.2) is 4.39 Å². The summed E-state index contributed by atoms with van der Waals surface area (Å²) in [6.45, 7) is 0.819. The average molecular weight is 483 g/mol. The maximum Gasteiger partial charge on any atom is 0.223 e. The lowest BCUT2D eigenvalue weighted by Gasteiger charge is -2.31. The van der Waals surface area contributed by atoms with Crippen LogP contribution >= 0.6 is 0 Å². The Balaban J connectivity index is 1.47. The lowest BCUT2D eigenvalue weighted by Crippen LogP contribution is -2.46. The maximum absolute atomic E-state index is 14.7. The number of rotatable bonds is 10. The van der Waals surface area contributed by atoms with Gasteiger partial charge in [0, 0.05) is 62.4 Å². The van der Waals surface area contributed by atoms with E-state index in [0.29, 0.717) is 62.9 Å². The van der Waals surface area contributed by atoms with Gasteiger partial charge in [-0.2, -0.15) is 0 Å². The van der Waals surface area contributed by atoms with Crippen molar-refractivity contribution in [3.05, 3.63) is 59.7 Å². The molecule has 1 unspecified atom stereocenters. The number of amides is 3. The molecule has 1 aromatic heterocycles. The first kappa shape index (κ1) is 24.6. The fourth-order valence-electron chi connectivity index (χ4n) is 4.89. The molecular weight excluding hydrogens is 451 g/mol. The number of carbonyl (C=O) groups is 3. The van der Waals surface area contributed by atoms with Crippen LogP contribution in [0.25, 0.3) is 0 Å². The third-order valence-corrected chi connectivity index (χ3v) is 6.84. The van der Waals surface area contributed by atoms with Gasteiger partial charge in [0.1, 0.15) is 11.6 Å². The maximum atomic E-state index is 14.7. The normalized spacial score (nSPS) is 21.5. The van der Waals surface area contributed by atoms with Crippen molar-refractivity contribution in [3.63, 3.8) is 0 Å². The van der Waals surface area contributed by atoms with Crippen LogP contribution < -0.4 is 15.4 Å². The summed E-state index contributed by atoms with van der Waals surface area (Å²) in [5.41, 5.74) is 0.733. The Kier molecular flexibility index (Phi) is 7.63. The monoisotopic (exact) mass is 482 g/mol. The van der Waals surface area contributed by atoms with E-state index in [1.807, 2.05) is 12.1 Å². The Labute approximate surface area is 204 Å². The Morgan fingerprint density at radius 3 is 2.63 bits per heavy atom. The number of hydrogen-bond acceptors (Lipinski definition) is 5. The molecule has 2 aromatic rings. The van der Waals surface area contributed by atoms with Gasteiger partial charge in [-0.05, 0) is 55.0 Å². The fourth-order valence-corrected chi connectivity index (χ4v) is 4.89. The van der Waals surface area contributed by atoms with Crippen LogP contribution in [-0.2, 0) is 27.3 Å². The summed E-state index contributed by atoms with van der Waals surface area (Å²) in [6, 6.07) is 8.33. The average Bonchev–Trinajstić information content (AvgIpc) is 3.44. The van der Waals surface area contributed by atoms with Crippen molar-refractivity contribution < 1.29 is 23.5 Å². The second-order valence-corrected chi connectivity index (χ2v) is 9.40. The molecule has 8 nitrogen and oxygen atoms in total. The van der Waals surface area contributed by atoms with Crippen LogP contribution in [0.4, 0.5) is 4.39 Å². The molecule has 2 aliphatic heterocycles. The van der Waals surface area contributed by atoms with Crippen molar-refractivity contribution in [3.8, 4) is 5.75 Å². The van der Waals surface area contributed by atoms with Crippen molar-refractivity contribution in [2.75, 3.05) is 13.7 Å². The van der Waals surface area contributed by atoms with Crippen molar-refractivity contribution >= 4 is 17.7 Å². The first-order valence-electron chi connectivity index (χ1n) is 12.0. The molecule has 2 atom stereocenters. The summed E-state index contributed by atoms with van der Waals surface area (Å²) >= 11 is 0. The fraction of sp³-hybridized carbons (Fsp3) is 0.462. The predicted octanol–water partition coefficient (Wildman–Crippen LogP) is 2.51. The van der Waals surface area contributed by atoms with E-state index in [-0.39, 0.29) is 30.2 Å². The zero-order valence-electron chi connectivity index (χ0n) is 19.9. The third-order valence-electron chi connectivity index (χ3n) is 6.84. The Morgan fingerprint density at radius 2 is 2.00 bits per heavy atom. The highest BCUT2D eigenvalue weighted by Crippen LogP contribution is 2.31. The topological polar surface area (TPSA) is 101 Å². The highest BCUT2D eigenvalue weighted by atomic mass is 19.1. The van der Waals surface area contributed by atoms with Gasteiger partial charge in [-0.15, -0.1) is 0 Å². The Bertz CT molecular complexity index is 1080. The molecule has 2 fully saturated rings. The van der Waals surface area contributed by atoms with Gasteiger partial charge < -0.3 is 20.3 Å². The van der Waals surface area contributed by atoms with Crippen molar-refractivity contribution in [1.82, 2.24) is 20.5 Å². The number of carbonyl (C=O) groups excluding carboxylic acids is 3. The number of nitrogens with zero attached hydrogens (tertiary/aromatic N) is 2. The molecule has 0 bridgehead atoms. The number of halogens is 1. The molecular formula is C26H31FN4O4. The largest absolute Gasteiger partial charge is 0.497 e. The molecule has 0 aliphatic carbocycles. The number of nitrogens with one attached hydrogen (secondary N) is 2. The van der Waals surface area contributed by atoms with Crippen LogP contribution in [0.3, 0.4) is 0 Å². The molecule has 1 aromatic carbocycles. The highest BCUT2D eigenvalue weighted by molar-refractivity contribution is 5.81. The molecule has 2 aliphatic rings. The van der Waals surface area contributed by atoms with Crippen molar-refractivity contribution in [2.45, 2.75) is 63.1 Å². The van der Waals surface area contributed by atoms with Crippen molar-refractivity contribution in [2.24, 2.45) is 0 Å². The minimum Gasteiger partial charge on any atom is -0.497 e. The third kappa shape index (κ3) is 6.35. The van der Waals surface area contributed by atoms with Gasteiger partial charge in [0.05, 0.1) is 7.11 Å². The van der Waals surface area contributed by atoms with Crippen LogP contribution in [0.2, 0.25) is 0 Å². The minimum atomic E-state index is -0.688. The smallest absolute Gasteiger partial charge is 0.223 e. The van der Waals surface area contributed by atoms with Crippen LogP contribution in [-0.4, -0.2) is 52.8 Å². The first-order valence-corrected chi connectivity index (χ1v) is 12.0. The summed E-state index contributed by atoms with van der Waals surface area (Å²) in [6.07, 6.45) is 6.29. The number of benzene rings is 1. The van der Waals surface area contributed by atoms with E-state index in [2.05, 4.69) is 15.6 Å². The van der Waals surface area contributed by atoms with E-state index in [1.165, 1.54) is 13.2 Å². The van der Waals surface area contributed by atoms with Gasteiger partial charge in [-0.3, -0.25) is 19.4 Å². The first-order chi connectivity index (χ1) is 16.9. The van der Waals surface area contributed by atoms with Crippen LogP contribution in [0.1, 0.15) is 49.7 Å². The lowest BCUT2D eigenvalue weighted by molar-refractivity contribution is -0.133. The van der Waals surface area contributed by atoms with E-state index in [0.717, 1.165) is 5.56 Å². The Morgan fingerprint density at radius 1 is 1.20 bits per heavy atom. The summed E-state index contributed by atoms with van der Waals surface area (Å²) in [5.74, 6) is -0.128. The van der Waals surface area contributed by atoms with Gasteiger partial charge in [0.15, 0.2) is 0 Å².